The summed E-state index contributed by atoms with van der Waals surface area (Å²) in [5.74, 6) is -0.298. The van der Waals surface area contributed by atoms with Gasteiger partial charge >= 0.3 is 5.97 Å². The Morgan fingerprint density at radius 2 is 2.10 bits per heavy atom. The highest BCUT2D eigenvalue weighted by Crippen LogP contribution is 2.50. The van der Waals surface area contributed by atoms with E-state index in [9.17, 15) is 4.79 Å². The topological polar surface area (TPSA) is 50.8 Å². The third-order valence-corrected chi connectivity index (χ3v) is 6.14. The van der Waals surface area contributed by atoms with Crippen molar-refractivity contribution in [1.82, 2.24) is 5.32 Å². The molecule has 2 aliphatic heterocycles. The lowest BCUT2D eigenvalue weighted by atomic mass is 9.79. The molecule has 0 saturated carbocycles. The summed E-state index contributed by atoms with van der Waals surface area (Å²) >= 11 is 9.22. The zero-order valence-electron chi connectivity index (χ0n) is 16.1. The highest BCUT2D eigenvalue weighted by molar-refractivity contribution is 9.10. The van der Waals surface area contributed by atoms with Gasteiger partial charge in [-0.1, -0.05) is 46.3 Å². The SMILES string of the molecule is C=CCOC(=O)[C@@H]1[C@@H]2NC(=S)N(c3ccc(C)cc3)[C@]1(C)Oc1ccc(Br)cc12. The molecule has 2 aromatic carbocycles. The number of esters is 1. The van der Waals surface area contributed by atoms with Crippen LogP contribution in [0.15, 0.2) is 59.6 Å². The van der Waals surface area contributed by atoms with Crippen molar-refractivity contribution in [3.63, 3.8) is 0 Å². The van der Waals surface area contributed by atoms with Crippen molar-refractivity contribution in [2.24, 2.45) is 5.92 Å². The van der Waals surface area contributed by atoms with Crippen molar-refractivity contribution in [2.45, 2.75) is 25.6 Å². The van der Waals surface area contributed by atoms with Crippen molar-refractivity contribution in [3.8, 4) is 5.75 Å². The summed E-state index contributed by atoms with van der Waals surface area (Å²) in [4.78, 5) is 15.0. The quantitative estimate of drug-likeness (QED) is 0.397. The van der Waals surface area contributed by atoms with Crippen LogP contribution in [0.1, 0.15) is 24.1 Å². The zero-order chi connectivity index (χ0) is 20.8. The molecule has 1 saturated heterocycles. The Morgan fingerprint density at radius 3 is 2.79 bits per heavy atom. The van der Waals surface area contributed by atoms with Gasteiger partial charge in [-0.25, -0.2) is 0 Å². The molecule has 0 amide bonds. The summed E-state index contributed by atoms with van der Waals surface area (Å²) in [5.41, 5.74) is 1.79. The number of hydrogen-bond acceptors (Lipinski definition) is 4. The number of anilines is 1. The number of ether oxygens (including phenoxy) is 2. The smallest absolute Gasteiger partial charge is 0.317 e. The van der Waals surface area contributed by atoms with Crippen LogP contribution in [-0.2, 0) is 9.53 Å². The van der Waals surface area contributed by atoms with Crippen LogP contribution in [0, 0.1) is 12.8 Å². The summed E-state index contributed by atoms with van der Waals surface area (Å²) in [6.45, 7) is 7.68. The van der Waals surface area contributed by atoms with Crippen LogP contribution in [0.4, 0.5) is 5.69 Å². The Kier molecular flexibility index (Phi) is 5.12. The molecule has 5 nitrogen and oxygen atoms in total. The van der Waals surface area contributed by atoms with Gasteiger partial charge in [-0.2, -0.15) is 0 Å². The van der Waals surface area contributed by atoms with E-state index in [2.05, 4.69) is 27.8 Å². The van der Waals surface area contributed by atoms with Crippen molar-refractivity contribution in [2.75, 3.05) is 11.5 Å². The first-order chi connectivity index (χ1) is 13.8. The average molecular weight is 473 g/mol. The number of aryl methyl sites for hydroxylation is 1. The van der Waals surface area contributed by atoms with Gasteiger partial charge in [-0.05, 0) is 56.4 Å². The fourth-order valence-corrected chi connectivity index (χ4v) is 4.82. The summed E-state index contributed by atoms with van der Waals surface area (Å²) in [7, 11) is 0. The molecule has 2 aliphatic rings. The summed E-state index contributed by atoms with van der Waals surface area (Å²) in [6.07, 6.45) is 1.56. The second-order valence-corrected chi connectivity index (χ2v) is 8.64. The number of rotatable bonds is 4. The number of carbonyl (C=O) groups is 1. The lowest BCUT2D eigenvalue weighted by Crippen LogP contribution is -2.71. The van der Waals surface area contributed by atoms with E-state index in [1.54, 1.807) is 6.08 Å². The zero-order valence-corrected chi connectivity index (χ0v) is 18.5. The summed E-state index contributed by atoms with van der Waals surface area (Å²) in [6, 6.07) is 13.4. The number of nitrogens with zero attached hydrogens (tertiary/aromatic N) is 1. The van der Waals surface area contributed by atoms with E-state index in [4.69, 9.17) is 21.7 Å². The second-order valence-electron chi connectivity index (χ2n) is 7.33. The molecule has 2 aromatic rings. The maximum absolute atomic E-state index is 13.1. The lowest BCUT2D eigenvalue weighted by molar-refractivity contribution is -0.159. The molecule has 4 rings (SSSR count). The van der Waals surface area contributed by atoms with E-state index in [1.807, 2.05) is 61.2 Å². The first-order valence-electron chi connectivity index (χ1n) is 9.28. The van der Waals surface area contributed by atoms with Gasteiger partial charge in [0.1, 0.15) is 18.3 Å². The second kappa shape index (κ2) is 7.46. The molecule has 0 radical (unpaired) electrons. The predicted molar refractivity (Wildman–Crippen MR) is 120 cm³/mol. The number of benzene rings is 2. The monoisotopic (exact) mass is 472 g/mol. The summed E-state index contributed by atoms with van der Waals surface area (Å²) in [5, 5.41) is 3.86. The van der Waals surface area contributed by atoms with E-state index in [0.717, 1.165) is 21.3 Å². The minimum atomic E-state index is -1.05. The van der Waals surface area contributed by atoms with Gasteiger partial charge in [0.15, 0.2) is 5.11 Å². The highest BCUT2D eigenvalue weighted by atomic mass is 79.9. The Labute approximate surface area is 183 Å². The van der Waals surface area contributed by atoms with E-state index < -0.39 is 11.6 Å². The van der Waals surface area contributed by atoms with Gasteiger partial charge in [0, 0.05) is 15.7 Å². The third kappa shape index (κ3) is 3.32. The molecule has 2 heterocycles. The van der Waals surface area contributed by atoms with Gasteiger partial charge in [0.05, 0.1) is 6.04 Å². The molecule has 29 heavy (non-hydrogen) atoms. The molecule has 0 spiro atoms. The van der Waals surface area contributed by atoms with Crippen LogP contribution in [0.3, 0.4) is 0 Å². The minimum absolute atomic E-state index is 0.137. The Bertz CT molecular complexity index is 994. The van der Waals surface area contributed by atoms with Crippen LogP contribution in [0.2, 0.25) is 0 Å². The number of carbonyl (C=O) groups excluding carboxylic acids is 1. The van der Waals surface area contributed by atoms with Crippen LogP contribution >= 0.6 is 28.1 Å². The number of nitrogens with one attached hydrogen (secondary N) is 1. The van der Waals surface area contributed by atoms with Crippen molar-refractivity contribution in [1.29, 1.82) is 0 Å². The van der Waals surface area contributed by atoms with Gasteiger partial charge in [0.25, 0.3) is 0 Å². The normalized spacial score (nSPS) is 24.8. The average Bonchev–Trinajstić information content (AvgIpc) is 2.68. The van der Waals surface area contributed by atoms with E-state index in [-0.39, 0.29) is 18.6 Å². The van der Waals surface area contributed by atoms with Gasteiger partial charge in [-0.15, -0.1) is 0 Å². The highest BCUT2D eigenvalue weighted by Gasteiger charge is 2.59. The molecule has 7 heteroatoms. The maximum atomic E-state index is 13.1. The predicted octanol–water partition coefficient (Wildman–Crippen LogP) is 4.65. The van der Waals surface area contributed by atoms with E-state index >= 15 is 0 Å². The minimum Gasteiger partial charge on any atom is -0.466 e. The molecular weight excluding hydrogens is 452 g/mol. The number of fused-ring (bicyclic) bond motifs is 4. The van der Waals surface area contributed by atoms with Crippen LogP contribution < -0.4 is 15.0 Å². The number of thiocarbonyl (C=S) groups is 1. The molecule has 0 unspecified atom stereocenters. The Morgan fingerprint density at radius 1 is 1.38 bits per heavy atom. The van der Waals surface area contributed by atoms with E-state index in [1.165, 1.54) is 0 Å². The standard InChI is InChI=1S/C22H21BrN2O3S/c1-4-11-27-20(26)18-19-16-12-14(23)7-10-17(16)28-22(18,3)25(21(29)24-19)15-8-5-13(2)6-9-15/h4-10,12,18-19H,1,11H2,2-3H3,(H,24,29)/t18-,19+,22+/m0/s1. The van der Waals surface area contributed by atoms with Gasteiger partial charge < -0.3 is 14.8 Å². The van der Waals surface area contributed by atoms with Crippen molar-refractivity contribution >= 4 is 44.9 Å². The maximum Gasteiger partial charge on any atom is 0.317 e. The fourth-order valence-electron chi connectivity index (χ4n) is 4.03. The molecule has 1 fully saturated rings. The first kappa shape index (κ1) is 19.9. The molecule has 0 aromatic heterocycles. The molecular formula is C22H21BrN2O3S. The van der Waals surface area contributed by atoms with Crippen LogP contribution in [0.25, 0.3) is 0 Å². The number of halogens is 1. The molecule has 150 valence electrons. The van der Waals surface area contributed by atoms with Crippen LogP contribution in [0.5, 0.6) is 5.75 Å². The lowest BCUT2D eigenvalue weighted by Gasteiger charge is -2.55. The van der Waals surface area contributed by atoms with Crippen molar-refractivity contribution in [3.05, 3.63) is 70.7 Å². The first-order valence-corrected chi connectivity index (χ1v) is 10.5. The summed E-state index contributed by atoms with van der Waals surface area (Å²) < 4.78 is 12.8. The van der Waals surface area contributed by atoms with Crippen molar-refractivity contribution < 1.29 is 14.3 Å². The van der Waals surface area contributed by atoms with Crippen LogP contribution in [-0.4, -0.2) is 23.4 Å². The Balaban J connectivity index is 1.86. The molecule has 0 aliphatic carbocycles. The molecule has 2 bridgehead atoms. The molecule has 3 atom stereocenters. The van der Waals surface area contributed by atoms with E-state index in [0.29, 0.717) is 10.9 Å². The Hall–Kier alpha value is -2.38. The third-order valence-electron chi connectivity index (χ3n) is 5.35. The fraction of sp³-hybridized carbons (Fsp3) is 0.273. The van der Waals surface area contributed by atoms with Gasteiger partial charge in [-0.3, -0.25) is 9.69 Å². The molecule has 1 N–H and O–H groups in total. The van der Waals surface area contributed by atoms with Gasteiger partial charge in [0.2, 0.25) is 5.72 Å². The number of hydrogen-bond donors (Lipinski definition) is 1. The largest absolute Gasteiger partial charge is 0.466 e.